The summed E-state index contributed by atoms with van der Waals surface area (Å²) in [6.07, 6.45) is 4.42. The quantitative estimate of drug-likeness (QED) is 0.795. The summed E-state index contributed by atoms with van der Waals surface area (Å²) in [4.78, 5) is 23.0. The molecular formula is C15H19ClN2O3. The minimum Gasteiger partial charge on any atom is -0.478 e. The van der Waals surface area contributed by atoms with Gasteiger partial charge in [-0.05, 0) is 37.0 Å². The minimum atomic E-state index is -1.08. The van der Waals surface area contributed by atoms with E-state index in [1.807, 2.05) is 0 Å². The van der Waals surface area contributed by atoms with Gasteiger partial charge in [-0.25, -0.2) is 9.59 Å². The number of urea groups is 1. The molecule has 1 aromatic rings. The molecule has 2 rings (SSSR count). The summed E-state index contributed by atoms with van der Waals surface area (Å²) >= 11 is 5.86. The number of hydrogen-bond acceptors (Lipinski definition) is 2. The molecule has 3 N–H and O–H groups in total. The van der Waals surface area contributed by atoms with Crippen LogP contribution in [0.2, 0.25) is 5.02 Å². The van der Waals surface area contributed by atoms with Crippen molar-refractivity contribution < 1.29 is 14.7 Å². The molecule has 0 spiro atoms. The third-order valence-corrected chi connectivity index (χ3v) is 4.05. The Hall–Kier alpha value is -1.75. The van der Waals surface area contributed by atoms with Crippen molar-refractivity contribution in [2.75, 3.05) is 5.32 Å². The molecule has 2 amide bonds. The average Bonchev–Trinajstić information content (AvgIpc) is 2.40. The van der Waals surface area contributed by atoms with Gasteiger partial charge < -0.3 is 15.7 Å². The minimum absolute atomic E-state index is 0.0452. The monoisotopic (exact) mass is 310 g/mol. The van der Waals surface area contributed by atoms with Crippen molar-refractivity contribution in [1.82, 2.24) is 5.32 Å². The summed E-state index contributed by atoms with van der Waals surface area (Å²) in [5, 5.41) is 14.8. The Morgan fingerprint density at radius 3 is 2.62 bits per heavy atom. The van der Waals surface area contributed by atoms with Gasteiger partial charge in [-0.3, -0.25) is 0 Å². The van der Waals surface area contributed by atoms with E-state index in [1.165, 1.54) is 24.6 Å². The number of anilines is 1. The maximum Gasteiger partial charge on any atom is 0.335 e. The number of halogens is 1. The highest BCUT2D eigenvalue weighted by atomic mass is 35.5. The molecule has 5 nitrogen and oxygen atoms in total. The van der Waals surface area contributed by atoms with Crippen molar-refractivity contribution in [3.8, 4) is 0 Å². The molecule has 0 heterocycles. The lowest BCUT2D eigenvalue weighted by atomic mass is 9.86. The SMILES string of the molecule is CC1CCCCC1NC(=O)Nc1cc(Cl)cc(C(=O)O)c1. The van der Waals surface area contributed by atoms with Crippen LogP contribution in [0.15, 0.2) is 18.2 Å². The van der Waals surface area contributed by atoms with E-state index >= 15 is 0 Å². The third-order valence-electron chi connectivity index (χ3n) is 3.83. The van der Waals surface area contributed by atoms with E-state index in [0.717, 1.165) is 19.3 Å². The first kappa shape index (κ1) is 15.6. The fourth-order valence-electron chi connectivity index (χ4n) is 2.65. The molecule has 1 aliphatic carbocycles. The molecule has 1 aromatic carbocycles. The van der Waals surface area contributed by atoms with Gasteiger partial charge in [-0.1, -0.05) is 31.4 Å². The summed E-state index contributed by atoms with van der Waals surface area (Å²) in [7, 11) is 0. The van der Waals surface area contributed by atoms with Crippen molar-refractivity contribution in [2.24, 2.45) is 5.92 Å². The standard InChI is InChI=1S/C15H19ClN2O3/c1-9-4-2-3-5-13(9)18-15(21)17-12-7-10(14(19)20)6-11(16)8-12/h6-9,13H,2-5H2,1H3,(H,19,20)(H2,17,18,21). The Labute approximate surface area is 128 Å². The summed E-state index contributed by atoms with van der Waals surface area (Å²) in [6, 6.07) is 4.09. The number of nitrogens with one attached hydrogen (secondary N) is 2. The van der Waals surface area contributed by atoms with Crippen molar-refractivity contribution in [1.29, 1.82) is 0 Å². The lowest BCUT2D eigenvalue weighted by molar-refractivity contribution is 0.0697. The van der Waals surface area contributed by atoms with Gasteiger partial charge in [0.05, 0.1) is 5.56 Å². The van der Waals surface area contributed by atoms with E-state index < -0.39 is 5.97 Å². The molecule has 0 radical (unpaired) electrons. The zero-order chi connectivity index (χ0) is 15.4. The number of carbonyl (C=O) groups excluding carboxylic acids is 1. The molecule has 0 aliphatic heterocycles. The molecule has 21 heavy (non-hydrogen) atoms. The topological polar surface area (TPSA) is 78.4 Å². The Kier molecular flexibility index (Phi) is 5.07. The van der Waals surface area contributed by atoms with E-state index in [-0.39, 0.29) is 22.7 Å². The predicted octanol–water partition coefficient (Wildman–Crippen LogP) is 3.74. The second-order valence-corrected chi connectivity index (χ2v) is 5.94. The van der Waals surface area contributed by atoms with Crippen LogP contribution in [-0.4, -0.2) is 23.1 Å². The number of hydrogen-bond donors (Lipinski definition) is 3. The lowest BCUT2D eigenvalue weighted by Crippen LogP contribution is -2.43. The zero-order valence-electron chi connectivity index (χ0n) is 11.9. The zero-order valence-corrected chi connectivity index (χ0v) is 12.6. The number of amides is 2. The van der Waals surface area contributed by atoms with E-state index in [4.69, 9.17) is 16.7 Å². The van der Waals surface area contributed by atoms with Crippen LogP contribution in [0.1, 0.15) is 43.0 Å². The Morgan fingerprint density at radius 1 is 1.24 bits per heavy atom. The van der Waals surface area contributed by atoms with E-state index in [1.54, 1.807) is 0 Å². The first-order chi connectivity index (χ1) is 9.95. The largest absolute Gasteiger partial charge is 0.478 e. The van der Waals surface area contributed by atoms with E-state index in [2.05, 4.69) is 17.6 Å². The highest BCUT2D eigenvalue weighted by Crippen LogP contribution is 2.24. The van der Waals surface area contributed by atoms with Gasteiger partial charge in [0.2, 0.25) is 0 Å². The fraction of sp³-hybridized carbons (Fsp3) is 0.467. The molecule has 114 valence electrons. The number of carbonyl (C=O) groups is 2. The van der Waals surface area contributed by atoms with Crippen LogP contribution in [0.25, 0.3) is 0 Å². The van der Waals surface area contributed by atoms with Gasteiger partial charge in [0, 0.05) is 16.8 Å². The van der Waals surface area contributed by atoms with Crippen molar-refractivity contribution in [3.05, 3.63) is 28.8 Å². The molecule has 0 aromatic heterocycles. The Balaban J connectivity index is 2.00. The smallest absolute Gasteiger partial charge is 0.335 e. The Morgan fingerprint density at radius 2 is 1.95 bits per heavy atom. The normalized spacial score (nSPS) is 21.6. The van der Waals surface area contributed by atoms with Gasteiger partial charge in [0.1, 0.15) is 0 Å². The number of rotatable bonds is 3. The van der Waals surface area contributed by atoms with E-state index in [0.29, 0.717) is 11.6 Å². The summed E-state index contributed by atoms with van der Waals surface area (Å²) < 4.78 is 0. The van der Waals surface area contributed by atoms with Gasteiger partial charge in [-0.2, -0.15) is 0 Å². The number of aromatic carboxylic acids is 1. The van der Waals surface area contributed by atoms with Crippen LogP contribution in [0.5, 0.6) is 0 Å². The molecule has 1 saturated carbocycles. The van der Waals surface area contributed by atoms with Gasteiger partial charge in [0.15, 0.2) is 0 Å². The highest BCUT2D eigenvalue weighted by molar-refractivity contribution is 6.31. The second kappa shape index (κ2) is 6.80. The molecule has 2 atom stereocenters. The maximum atomic E-state index is 12.0. The summed E-state index contributed by atoms with van der Waals surface area (Å²) in [5.74, 6) is -0.625. The number of carboxylic acid groups (broad SMARTS) is 1. The second-order valence-electron chi connectivity index (χ2n) is 5.50. The first-order valence-electron chi connectivity index (χ1n) is 7.07. The summed E-state index contributed by atoms with van der Waals surface area (Å²) in [6.45, 7) is 2.13. The number of benzene rings is 1. The fourth-order valence-corrected chi connectivity index (χ4v) is 2.89. The number of carboxylic acids is 1. The van der Waals surface area contributed by atoms with Crippen LogP contribution >= 0.6 is 11.6 Å². The molecule has 1 aliphatic rings. The molecule has 6 heteroatoms. The molecule has 0 bridgehead atoms. The molecule has 2 unspecified atom stereocenters. The van der Waals surface area contributed by atoms with Crippen LogP contribution in [0.4, 0.5) is 10.5 Å². The summed E-state index contributed by atoms with van der Waals surface area (Å²) in [5.41, 5.74) is 0.421. The van der Waals surface area contributed by atoms with Crippen LogP contribution in [-0.2, 0) is 0 Å². The van der Waals surface area contributed by atoms with Crippen LogP contribution in [0, 0.1) is 5.92 Å². The first-order valence-corrected chi connectivity index (χ1v) is 7.45. The van der Waals surface area contributed by atoms with Crippen LogP contribution < -0.4 is 10.6 Å². The lowest BCUT2D eigenvalue weighted by Gasteiger charge is -2.29. The van der Waals surface area contributed by atoms with Crippen molar-refractivity contribution >= 4 is 29.3 Å². The molecular weight excluding hydrogens is 292 g/mol. The molecule has 0 saturated heterocycles. The highest BCUT2D eigenvalue weighted by Gasteiger charge is 2.22. The van der Waals surface area contributed by atoms with Gasteiger partial charge >= 0.3 is 12.0 Å². The Bertz CT molecular complexity index is 548. The third kappa shape index (κ3) is 4.36. The molecule has 1 fully saturated rings. The van der Waals surface area contributed by atoms with Gasteiger partial charge in [0.25, 0.3) is 0 Å². The average molecular weight is 311 g/mol. The van der Waals surface area contributed by atoms with Crippen molar-refractivity contribution in [3.63, 3.8) is 0 Å². The maximum absolute atomic E-state index is 12.0. The predicted molar refractivity (Wildman–Crippen MR) is 82.0 cm³/mol. The van der Waals surface area contributed by atoms with Gasteiger partial charge in [-0.15, -0.1) is 0 Å². The van der Waals surface area contributed by atoms with Crippen LogP contribution in [0.3, 0.4) is 0 Å². The van der Waals surface area contributed by atoms with Crippen molar-refractivity contribution in [2.45, 2.75) is 38.6 Å². The van der Waals surface area contributed by atoms with E-state index in [9.17, 15) is 9.59 Å².